The van der Waals surface area contributed by atoms with Crippen molar-refractivity contribution in [2.45, 2.75) is 20.4 Å². The van der Waals surface area contributed by atoms with E-state index in [4.69, 9.17) is 10.00 Å². The van der Waals surface area contributed by atoms with Gasteiger partial charge in [-0.2, -0.15) is 5.26 Å². The van der Waals surface area contributed by atoms with Gasteiger partial charge in [-0.3, -0.25) is 14.2 Å². The molecule has 136 valence electrons. The van der Waals surface area contributed by atoms with E-state index in [0.717, 1.165) is 22.6 Å². The summed E-state index contributed by atoms with van der Waals surface area (Å²) in [5.41, 5.74) is 2.49. The van der Waals surface area contributed by atoms with Gasteiger partial charge in [0.05, 0.1) is 0 Å². The summed E-state index contributed by atoms with van der Waals surface area (Å²) in [7, 11) is 0. The lowest BCUT2D eigenvalue weighted by atomic mass is 10.2. The number of thiazole rings is 1. The number of nitrogens with one attached hydrogen (secondary N) is 1. The highest BCUT2D eigenvalue weighted by atomic mass is 32.1. The van der Waals surface area contributed by atoms with Crippen molar-refractivity contribution in [2.24, 2.45) is 0 Å². The third-order valence-electron chi connectivity index (χ3n) is 3.86. The van der Waals surface area contributed by atoms with Gasteiger partial charge in [0.25, 0.3) is 0 Å². The first kappa shape index (κ1) is 18.4. The van der Waals surface area contributed by atoms with Crippen molar-refractivity contribution in [3.05, 3.63) is 68.4 Å². The molecule has 0 saturated carbocycles. The van der Waals surface area contributed by atoms with Gasteiger partial charge in [0.1, 0.15) is 23.9 Å². The molecule has 8 heteroatoms. The molecule has 1 N–H and O–H groups in total. The molecule has 0 spiro atoms. The van der Waals surface area contributed by atoms with Crippen LogP contribution in [-0.2, 0) is 11.3 Å². The first-order valence-electron chi connectivity index (χ1n) is 8.06. The fourth-order valence-electron chi connectivity index (χ4n) is 2.44. The number of hydrogen-bond acceptors (Lipinski definition) is 6. The summed E-state index contributed by atoms with van der Waals surface area (Å²) < 4.78 is 7.10. The summed E-state index contributed by atoms with van der Waals surface area (Å²) in [6, 6.07) is 10.4. The van der Waals surface area contributed by atoms with E-state index in [1.54, 1.807) is 48.8 Å². The van der Waals surface area contributed by atoms with Gasteiger partial charge in [0, 0.05) is 23.0 Å². The Morgan fingerprint density at radius 2 is 2.19 bits per heavy atom. The molecular weight excluding hydrogens is 364 g/mol. The molecule has 7 nitrogen and oxygen atoms in total. The van der Waals surface area contributed by atoms with E-state index in [2.05, 4.69) is 10.3 Å². The standard InChI is InChI=1S/C19H16N4O3S/c1-12-8-15(26-18-14(9-20)4-3-7-21-18)5-6-16(12)22-17(24)10-23-13(2)11-27-19(23)25/h3-8,11H,10H2,1-2H3,(H,22,24). The van der Waals surface area contributed by atoms with E-state index in [1.807, 2.05) is 13.0 Å². The van der Waals surface area contributed by atoms with Crippen LogP contribution in [-0.4, -0.2) is 15.5 Å². The summed E-state index contributed by atoms with van der Waals surface area (Å²) >= 11 is 1.07. The molecule has 0 radical (unpaired) electrons. The highest BCUT2D eigenvalue weighted by Crippen LogP contribution is 2.26. The van der Waals surface area contributed by atoms with Crippen LogP contribution in [0.3, 0.4) is 0 Å². The fraction of sp³-hybridized carbons (Fsp3) is 0.158. The van der Waals surface area contributed by atoms with Gasteiger partial charge in [0.15, 0.2) is 0 Å². The van der Waals surface area contributed by atoms with Crippen LogP contribution < -0.4 is 14.9 Å². The van der Waals surface area contributed by atoms with E-state index in [-0.39, 0.29) is 23.2 Å². The molecule has 0 aliphatic carbocycles. The second-order valence-corrected chi connectivity index (χ2v) is 6.64. The third kappa shape index (κ3) is 4.22. The lowest BCUT2D eigenvalue weighted by molar-refractivity contribution is -0.116. The van der Waals surface area contributed by atoms with Crippen molar-refractivity contribution in [3.8, 4) is 17.7 Å². The van der Waals surface area contributed by atoms with Crippen molar-refractivity contribution < 1.29 is 9.53 Å². The van der Waals surface area contributed by atoms with Gasteiger partial charge in [-0.05, 0) is 49.7 Å². The maximum absolute atomic E-state index is 12.3. The van der Waals surface area contributed by atoms with E-state index in [9.17, 15) is 9.59 Å². The minimum atomic E-state index is -0.285. The molecule has 2 heterocycles. The first-order valence-corrected chi connectivity index (χ1v) is 8.94. The number of aryl methyl sites for hydroxylation is 2. The topological polar surface area (TPSA) is 97.0 Å². The Morgan fingerprint density at radius 1 is 1.37 bits per heavy atom. The average molecular weight is 380 g/mol. The van der Waals surface area contributed by atoms with Crippen molar-refractivity contribution >= 4 is 22.9 Å². The fourth-order valence-corrected chi connectivity index (χ4v) is 3.17. The predicted molar refractivity (Wildman–Crippen MR) is 102 cm³/mol. The molecule has 0 aliphatic heterocycles. The summed E-state index contributed by atoms with van der Waals surface area (Å²) in [5.74, 6) is 0.445. The number of amides is 1. The van der Waals surface area contributed by atoms with Gasteiger partial charge in [0.2, 0.25) is 11.8 Å². The van der Waals surface area contributed by atoms with Gasteiger partial charge in [-0.15, -0.1) is 0 Å². The van der Waals surface area contributed by atoms with Crippen molar-refractivity contribution in [1.82, 2.24) is 9.55 Å². The number of anilines is 1. The van der Waals surface area contributed by atoms with Crippen molar-refractivity contribution in [2.75, 3.05) is 5.32 Å². The number of carbonyl (C=O) groups excluding carboxylic acids is 1. The van der Waals surface area contributed by atoms with E-state index in [0.29, 0.717) is 17.0 Å². The van der Waals surface area contributed by atoms with Crippen LogP contribution in [0.5, 0.6) is 11.6 Å². The van der Waals surface area contributed by atoms with Gasteiger partial charge >= 0.3 is 4.87 Å². The van der Waals surface area contributed by atoms with Crippen LogP contribution in [0.25, 0.3) is 0 Å². The Labute approximate surface area is 159 Å². The molecular formula is C19H16N4O3S. The quantitative estimate of drug-likeness (QED) is 0.733. The summed E-state index contributed by atoms with van der Waals surface area (Å²) in [4.78, 5) is 27.9. The highest BCUT2D eigenvalue weighted by Gasteiger charge is 2.11. The maximum atomic E-state index is 12.3. The molecule has 2 aromatic heterocycles. The molecule has 0 aliphatic rings. The molecule has 1 aromatic carbocycles. The number of nitrogens with zero attached hydrogens (tertiary/aromatic N) is 3. The molecule has 27 heavy (non-hydrogen) atoms. The zero-order valence-corrected chi connectivity index (χ0v) is 15.5. The second-order valence-electron chi connectivity index (χ2n) is 5.82. The number of hydrogen-bond donors (Lipinski definition) is 1. The zero-order valence-electron chi connectivity index (χ0n) is 14.7. The van der Waals surface area contributed by atoms with Crippen molar-refractivity contribution in [3.63, 3.8) is 0 Å². The van der Waals surface area contributed by atoms with Crippen LogP contribution in [0.4, 0.5) is 5.69 Å². The molecule has 3 rings (SSSR count). The molecule has 0 atom stereocenters. The van der Waals surface area contributed by atoms with E-state index < -0.39 is 0 Å². The monoisotopic (exact) mass is 380 g/mol. The number of ether oxygens (including phenoxy) is 1. The Balaban J connectivity index is 1.72. The largest absolute Gasteiger partial charge is 0.438 e. The smallest absolute Gasteiger partial charge is 0.307 e. The number of pyridine rings is 1. The minimum Gasteiger partial charge on any atom is -0.438 e. The van der Waals surface area contributed by atoms with Crippen LogP contribution in [0.2, 0.25) is 0 Å². The summed E-state index contributed by atoms with van der Waals surface area (Å²) in [6.45, 7) is 3.58. The Morgan fingerprint density at radius 3 is 2.85 bits per heavy atom. The van der Waals surface area contributed by atoms with E-state index in [1.165, 1.54) is 4.57 Å². The minimum absolute atomic E-state index is 0.0364. The van der Waals surface area contributed by atoms with E-state index >= 15 is 0 Å². The normalized spacial score (nSPS) is 10.3. The molecule has 3 aromatic rings. The van der Waals surface area contributed by atoms with Gasteiger partial charge in [-0.1, -0.05) is 11.3 Å². The third-order valence-corrected chi connectivity index (χ3v) is 4.74. The summed E-state index contributed by atoms with van der Waals surface area (Å²) in [5, 5.41) is 13.6. The number of benzene rings is 1. The number of aromatic nitrogens is 2. The molecule has 0 bridgehead atoms. The summed E-state index contributed by atoms with van der Waals surface area (Å²) in [6.07, 6.45) is 1.55. The predicted octanol–water partition coefficient (Wildman–Crippen LogP) is 3.22. The second kappa shape index (κ2) is 7.85. The number of rotatable bonds is 5. The van der Waals surface area contributed by atoms with Gasteiger partial charge < -0.3 is 10.1 Å². The highest BCUT2D eigenvalue weighted by molar-refractivity contribution is 7.07. The van der Waals surface area contributed by atoms with Crippen LogP contribution in [0, 0.1) is 25.2 Å². The molecule has 0 unspecified atom stereocenters. The molecule has 0 fully saturated rings. The number of nitriles is 1. The van der Waals surface area contributed by atoms with Gasteiger partial charge in [-0.25, -0.2) is 4.98 Å². The van der Waals surface area contributed by atoms with Crippen LogP contribution >= 0.6 is 11.3 Å². The van der Waals surface area contributed by atoms with Crippen LogP contribution in [0.1, 0.15) is 16.8 Å². The lowest BCUT2D eigenvalue weighted by Crippen LogP contribution is -2.25. The Hall–Kier alpha value is -3.44. The number of carbonyl (C=O) groups is 1. The lowest BCUT2D eigenvalue weighted by Gasteiger charge is -2.12. The zero-order chi connectivity index (χ0) is 19.4. The average Bonchev–Trinajstić information content (AvgIpc) is 2.96. The first-order chi connectivity index (χ1) is 13.0. The maximum Gasteiger partial charge on any atom is 0.307 e. The van der Waals surface area contributed by atoms with Crippen molar-refractivity contribution in [1.29, 1.82) is 5.26 Å². The van der Waals surface area contributed by atoms with Crippen LogP contribution in [0.15, 0.2) is 46.7 Å². The molecule has 0 saturated heterocycles. The molecule has 1 amide bonds. The SMILES string of the molecule is Cc1cc(Oc2ncccc2C#N)ccc1NC(=O)Cn1c(C)csc1=O. The Bertz CT molecular complexity index is 1090. The Kier molecular flexibility index (Phi) is 5.33.